The molecule has 0 aliphatic carbocycles. The summed E-state index contributed by atoms with van der Waals surface area (Å²) in [6.07, 6.45) is 3.19. The molecule has 154 valence electrons. The predicted molar refractivity (Wildman–Crippen MR) is 119 cm³/mol. The topological polar surface area (TPSA) is 60.4 Å². The van der Waals surface area contributed by atoms with E-state index in [1.165, 1.54) is 6.08 Å². The van der Waals surface area contributed by atoms with Crippen molar-refractivity contribution >= 4 is 22.0 Å². The molecule has 0 N–H and O–H groups in total. The lowest BCUT2D eigenvalue weighted by atomic mass is 10.1. The Hall–Kier alpha value is -3.18. The summed E-state index contributed by atoms with van der Waals surface area (Å²) in [6, 6.07) is 17.6. The molecule has 3 aromatic carbocycles. The van der Waals surface area contributed by atoms with Crippen molar-refractivity contribution in [1.29, 1.82) is 0 Å². The average Bonchev–Trinajstić information content (AvgIpc) is 2.66. The van der Waals surface area contributed by atoms with E-state index in [2.05, 4.69) is 0 Å². The van der Waals surface area contributed by atoms with Gasteiger partial charge in [0, 0.05) is 5.56 Å². The second-order valence-corrected chi connectivity index (χ2v) is 8.88. The van der Waals surface area contributed by atoms with Crippen molar-refractivity contribution in [1.82, 2.24) is 0 Å². The molecule has 3 rings (SSSR count). The predicted octanol–water partition coefficient (Wildman–Crippen LogP) is 5.58. The van der Waals surface area contributed by atoms with Gasteiger partial charge in [-0.3, -0.25) is 4.79 Å². The van der Waals surface area contributed by atoms with Crippen LogP contribution in [0.2, 0.25) is 0 Å². The molecule has 0 atom stereocenters. The second kappa shape index (κ2) is 8.67. The number of benzene rings is 3. The summed E-state index contributed by atoms with van der Waals surface area (Å²) in [5.41, 5.74) is 4.79. The molecular weight excluding hydrogens is 396 g/mol. The number of carbonyl (C=O) groups excluding carboxylic acids is 1. The first kappa shape index (κ1) is 21.5. The normalized spacial score (nSPS) is 11.6. The molecule has 0 amide bonds. The Balaban J connectivity index is 1.74. The molecule has 0 saturated heterocycles. The molecule has 0 heterocycles. The van der Waals surface area contributed by atoms with Crippen LogP contribution in [0.15, 0.2) is 71.6 Å². The van der Waals surface area contributed by atoms with Gasteiger partial charge in [-0.25, -0.2) is 0 Å². The molecule has 0 saturated carbocycles. The molecule has 0 bridgehead atoms. The highest BCUT2D eigenvalue weighted by molar-refractivity contribution is 7.87. The molecule has 0 aliphatic heterocycles. The number of allylic oxidation sites excluding steroid dienone is 1. The van der Waals surface area contributed by atoms with Crippen molar-refractivity contribution in [3.05, 3.63) is 100 Å². The van der Waals surface area contributed by atoms with E-state index in [1.54, 1.807) is 56.3 Å². The van der Waals surface area contributed by atoms with E-state index in [1.807, 2.05) is 38.1 Å². The van der Waals surface area contributed by atoms with Gasteiger partial charge in [0.05, 0.1) is 0 Å². The molecule has 0 aliphatic rings. The Bertz CT molecular complexity index is 1180. The quantitative estimate of drug-likeness (QED) is 0.297. The zero-order chi connectivity index (χ0) is 21.9. The number of aryl methyl sites for hydroxylation is 4. The molecule has 5 heteroatoms. The molecule has 0 aromatic heterocycles. The summed E-state index contributed by atoms with van der Waals surface area (Å²) in [7, 11) is -3.94. The van der Waals surface area contributed by atoms with Crippen LogP contribution in [0, 0.1) is 27.7 Å². The molecule has 0 fully saturated rings. The average molecular weight is 421 g/mol. The van der Waals surface area contributed by atoms with Crippen molar-refractivity contribution in [3.63, 3.8) is 0 Å². The lowest BCUT2D eigenvalue weighted by molar-refractivity contribution is 0.104. The highest BCUT2D eigenvalue weighted by atomic mass is 32.2. The number of carbonyl (C=O) groups is 1. The highest BCUT2D eigenvalue weighted by Gasteiger charge is 2.22. The fraction of sp³-hybridized carbons (Fsp3) is 0.160. The maximum atomic E-state index is 12.8. The van der Waals surface area contributed by atoms with Gasteiger partial charge in [-0.05, 0) is 62.6 Å². The zero-order valence-electron chi connectivity index (χ0n) is 17.5. The first-order valence-electron chi connectivity index (χ1n) is 9.57. The maximum Gasteiger partial charge on any atom is 0.339 e. The minimum Gasteiger partial charge on any atom is -0.379 e. The smallest absolute Gasteiger partial charge is 0.339 e. The van der Waals surface area contributed by atoms with E-state index in [0.29, 0.717) is 16.7 Å². The van der Waals surface area contributed by atoms with Crippen LogP contribution in [0.5, 0.6) is 5.75 Å². The summed E-state index contributed by atoms with van der Waals surface area (Å²) < 4.78 is 30.8. The largest absolute Gasteiger partial charge is 0.379 e. The third-order valence-electron chi connectivity index (χ3n) is 4.70. The van der Waals surface area contributed by atoms with Gasteiger partial charge in [0.15, 0.2) is 5.78 Å². The van der Waals surface area contributed by atoms with Crippen molar-refractivity contribution in [3.8, 4) is 5.75 Å². The molecule has 3 aromatic rings. The SMILES string of the molecule is Cc1ccc(C(=O)/C=C/c2ccc(OS(=O)(=O)c3c(C)cc(C)cc3C)cc2)cc1. The molecule has 0 radical (unpaired) electrons. The van der Waals surface area contributed by atoms with E-state index >= 15 is 0 Å². The monoisotopic (exact) mass is 420 g/mol. The van der Waals surface area contributed by atoms with Gasteiger partial charge < -0.3 is 4.18 Å². The Kier molecular flexibility index (Phi) is 6.22. The summed E-state index contributed by atoms with van der Waals surface area (Å²) in [5, 5.41) is 0. The number of hydrogen-bond acceptors (Lipinski definition) is 4. The van der Waals surface area contributed by atoms with E-state index in [0.717, 1.165) is 16.7 Å². The number of hydrogen-bond donors (Lipinski definition) is 0. The standard InChI is InChI=1S/C25H24O4S/c1-17-5-10-22(11-6-17)24(26)14-9-21-7-12-23(13-8-21)29-30(27,28)25-19(3)15-18(2)16-20(25)4/h5-16H,1-4H3/b14-9+. The molecule has 0 unspecified atom stereocenters. The Morgan fingerprint density at radius 2 is 1.37 bits per heavy atom. The van der Waals surface area contributed by atoms with Crippen LogP contribution in [0.25, 0.3) is 6.08 Å². The van der Waals surface area contributed by atoms with Crippen molar-refractivity contribution < 1.29 is 17.4 Å². The summed E-state index contributed by atoms with van der Waals surface area (Å²) >= 11 is 0. The first-order valence-corrected chi connectivity index (χ1v) is 11.0. The van der Waals surface area contributed by atoms with Crippen LogP contribution in [-0.2, 0) is 10.1 Å². The van der Waals surface area contributed by atoms with Crippen LogP contribution < -0.4 is 4.18 Å². The Morgan fingerprint density at radius 3 is 1.93 bits per heavy atom. The summed E-state index contributed by atoms with van der Waals surface area (Å²) in [5.74, 6) is 0.125. The van der Waals surface area contributed by atoms with Crippen LogP contribution in [0.3, 0.4) is 0 Å². The Labute approximate surface area is 178 Å². The van der Waals surface area contributed by atoms with Gasteiger partial charge in [-0.1, -0.05) is 65.7 Å². The number of rotatable bonds is 6. The van der Waals surface area contributed by atoms with E-state index < -0.39 is 10.1 Å². The minimum atomic E-state index is -3.94. The van der Waals surface area contributed by atoms with Crippen LogP contribution in [0.1, 0.15) is 38.2 Å². The zero-order valence-corrected chi connectivity index (χ0v) is 18.3. The van der Waals surface area contributed by atoms with E-state index in [-0.39, 0.29) is 16.4 Å². The van der Waals surface area contributed by atoms with Gasteiger partial charge in [0.25, 0.3) is 0 Å². The van der Waals surface area contributed by atoms with E-state index in [9.17, 15) is 13.2 Å². The third-order valence-corrected chi connectivity index (χ3v) is 6.26. The van der Waals surface area contributed by atoms with Crippen molar-refractivity contribution in [2.75, 3.05) is 0 Å². The van der Waals surface area contributed by atoms with Crippen molar-refractivity contribution in [2.45, 2.75) is 32.6 Å². The van der Waals surface area contributed by atoms with Crippen LogP contribution in [0.4, 0.5) is 0 Å². The summed E-state index contributed by atoms with van der Waals surface area (Å²) in [4.78, 5) is 12.4. The first-order chi connectivity index (χ1) is 14.2. The Morgan fingerprint density at radius 1 is 0.800 bits per heavy atom. The van der Waals surface area contributed by atoms with Gasteiger partial charge in [-0.15, -0.1) is 0 Å². The highest BCUT2D eigenvalue weighted by Crippen LogP contribution is 2.26. The van der Waals surface area contributed by atoms with Gasteiger partial charge in [0.2, 0.25) is 0 Å². The molecular formula is C25H24O4S. The van der Waals surface area contributed by atoms with Crippen LogP contribution >= 0.6 is 0 Å². The number of ketones is 1. The lowest BCUT2D eigenvalue weighted by Crippen LogP contribution is -2.13. The van der Waals surface area contributed by atoms with Crippen LogP contribution in [-0.4, -0.2) is 14.2 Å². The fourth-order valence-corrected chi connectivity index (χ4v) is 4.70. The minimum absolute atomic E-state index is 0.0942. The second-order valence-electron chi connectivity index (χ2n) is 7.40. The van der Waals surface area contributed by atoms with Gasteiger partial charge >= 0.3 is 10.1 Å². The molecule has 4 nitrogen and oxygen atoms in total. The lowest BCUT2D eigenvalue weighted by Gasteiger charge is -2.13. The van der Waals surface area contributed by atoms with Gasteiger partial charge in [0.1, 0.15) is 10.6 Å². The third kappa shape index (κ3) is 5.05. The molecule has 0 spiro atoms. The maximum absolute atomic E-state index is 12.8. The molecule has 30 heavy (non-hydrogen) atoms. The summed E-state index contributed by atoms with van der Waals surface area (Å²) in [6.45, 7) is 7.41. The van der Waals surface area contributed by atoms with E-state index in [4.69, 9.17) is 4.18 Å². The van der Waals surface area contributed by atoms with Crippen molar-refractivity contribution in [2.24, 2.45) is 0 Å². The van der Waals surface area contributed by atoms with Gasteiger partial charge in [-0.2, -0.15) is 8.42 Å². The fourth-order valence-electron chi connectivity index (χ4n) is 3.35.